The van der Waals surface area contributed by atoms with Crippen LogP contribution in [0, 0.1) is 0 Å². The second-order valence-electron chi connectivity index (χ2n) is 4.09. The van der Waals surface area contributed by atoms with Gasteiger partial charge in [0.15, 0.2) is 0 Å². The molecule has 0 aromatic carbocycles. The summed E-state index contributed by atoms with van der Waals surface area (Å²) in [5, 5.41) is 2.40. The molecule has 1 aliphatic rings. The molecule has 0 spiro atoms. The van der Waals surface area contributed by atoms with Crippen LogP contribution in [0.1, 0.15) is 17.9 Å². The van der Waals surface area contributed by atoms with Gasteiger partial charge in [-0.25, -0.2) is 4.98 Å². The summed E-state index contributed by atoms with van der Waals surface area (Å²) in [6, 6.07) is 10.1. The van der Waals surface area contributed by atoms with E-state index in [1.165, 1.54) is 11.3 Å². The van der Waals surface area contributed by atoms with Crippen molar-refractivity contribution in [3.05, 3.63) is 65.6 Å². The van der Waals surface area contributed by atoms with Gasteiger partial charge in [-0.2, -0.15) is 0 Å². The van der Waals surface area contributed by atoms with Crippen LogP contribution in [0.15, 0.2) is 60.0 Å². The lowest BCUT2D eigenvalue weighted by Crippen LogP contribution is -2.21. The lowest BCUT2D eigenvalue weighted by Gasteiger charge is -2.26. The zero-order valence-corrected chi connectivity index (χ0v) is 10.8. The Bertz CT molecular complexity index is 554. The third-order valence-electron chi connectivity index (χ3n) is 2.85. The fraction of sp³-hybridized carbons (Fsp3) is 0.143. The summed E-state index contributed by atoms with van der Waals surface area (Å²) >= 11 is 1.79. The van der Waals surface area contributed by atoms with Gasteiger partial charge in [-0.1, -0.05) is 12.1 Å². The van der Waals surface area contributed by atoms with Crippen LogP contribution >= 0.6 is 11.8 Å². The van der Waals surface area contributed by atoms with Crippen LogP contribution in [0.4, 0.5) is 5.82 Å². The highest BCUT2D eigenvalue weighted by atomic mass is 32.2. The summed E-state index contributed by atoms with van der Waals surface area (Å²) in [6.45, 7) is 2.11. The number of anilines is 1. The molecule has 2 aromatic heterocycles. The van der Waals surface area contributed by atoms with E-state index in [4.69, 9.17) is 0 Å². The molecule has 3 heterocycles. The number of hydrogen-bond acceptors (Lipinski definition) is 4. The van der Waals surface area contributed by atoms with E-state index in [1.54, 1.807) is 18.0 Å². The van der Waals surface area contributed by atoms with Crippen LogP contribution in [0.2, 0.25) is 0 Å². The lowest BCUT2D eigenvalue weighted by molar-refractivity contribution is 0.882. The van der Waals surface area contributed by atoms with Gasteiger partial charge in [0.2, 0.25) is 0 Å². The third-order valence-corrected chi connectivity index (χ3v) is 4.07. The van der Waals surface area contributed by atoms with Gasteiger partial charge < -0.3 is 4.90 Å². The molecule has 3 nitrogen and oxygen atoms in total. The number of hydrogen-bond donors (Lipinski definition) is 0. The Kier molecular flexibility index (Phi) is 3.02. The number of thioether (sulfide) groups is 1. The van der Waals surface area contributed by atoms with Gasteiger partial charge in [-0.3, -0.25) is 4.98 Å². The van der Waals surface area contributed by atoms with Gasteiger partial charge in [0.1, 0.15) is 11.2 Å². The van der Waals surface area contributed by atoms with Crippen molar-refractivity contribution < 1.29 is 0 Å². The summed E-state index contributed by atoms with van der Waals surface area (Å²) in [4.78, 5) is 10.9. The molecule has 0 aliphatic carbocycles. The molecule has 2 aromatic rings. The fourth-order valence-electron chi connectivity index (χ4n) is 2.01. The normalized spacial score (nSPS) is 18.8. The first-order chi connectivity index (χ1) is 8.86. The van der Waals surface area contributed by atoms with Crippen molar-refractivity contribution in [2.24, 2.45) is 0 Å². The molecule has 0 saturated carbocycles. The Labute approximate surface area is 111 Å². The van der Waals surface area contributed by atoms with Gasteiger partial charge in [0.25, 0.3) is 0 Å². The Hall–Kier alpha value is -1.81. The molecule has 0 radical (unpaired) electrons. The monoisotopic (exact) mass is 255 g/mol. The summed E-state index contributed by atoms with van der Waals surface area (Å²) in [5.74, 6) is 0.977. The van der Waals surface area contributed by atoms with Crippen molar-refractivity contribution in [1.29, 1.82) is 0 Å². The van der Waals surface area contributed by atoms with Crippen molar-refractivity contribution in [3.8, 4) is 0 Å². The van der Waals surface area contributed by atoms with E-state index >= 15 is 0 Å². The van der Waals surface area contributed by atoms with Crippen molar-refractivity contribution in [2.45, 2.75) is 12.3 Å². The predicted molar refractivity (Wildman–Crippen MR) is 75.0 cm³/mol. The van der Waals surface area contributed by atoms with E-state index in [0.717, 1.165) is 5.82 Å². The second-order valence-corrected chi connectivity index (χ2v) is 5.05. The molecule has 4 heteroatoms. The Morgan fingerprint density at radius 1 is 1.17 bits per heavy atom. The molecule has 1 unspecified atom stereocenters. The summed E-state index contributed by atoms with van der Waals surface area (Å²) in [5.41, 5.74) is 2.41. The highest BCUT2D eigenvalue weighted by Crippen LogP contribution is 2.44. The average molecular weight is 255 g/mol. The largest absolute Gasteiger partial charge is 0.313 e. The standard InChI is InChI=1S/C14H13N3S/c1-11-10-18-14(12-5-4-7-15-9-12)17(11)13-6-2-3-8-16-13/h2-10,14H,1H3. The first-order valence-corrected chi connectivity index (χ1v) is 6.73. The van der Waals surface area contributed by atoms with E-state index < -0.39 is 0 Å². The predicted octanol–water partition coefficient (Wildman–Crippen LogP) is 3.59. The molecular weight excluding hydrogens is 242 g/mol. The first kappa shape index (κ1) is 11.3. The maximum Gasteiger partial charge on any atom is 0.133 e. The van der Waals surface area contributed by atoms with Crippen LogP contribution < -0.4 is 4.90 Å². The smallest absolute Gasteiger partial charge is 0.133 e. The molecule has 1 atom stereocenters. The van der Waals surface area contributed by atoms with Crippen LogP contribution in [-0.2, 0) is 0 Å². The number of rotatable bonds is 2. The summed E-state index contributed by atoms with van der Waals surface area (Å²) < 4.78 is 0. The quantitative estimate of drug-likeness (QED) is 0.820. The van der Waals surface area contributed by atoms with Crippen molar-refractivity contribution in [2.75, 3.05) is 4.90 Å². The van der Waals surface area contributed by atoms with Crippen LogP contribution in [-0.4, -0.2) is 9.97 Å². The Balaban J connectivity index is 1.98. The number of allylic oxidation sites excluding steroid dienone is 1. The van der Waals surface area contributed by atoms with Crippen LogP contribution in [0.5, 0.6) is 0 Å². The number of nitrogens with zero attached hydrogens (tertiary/aromatic N) is 3. The zero-order chi connectivity index (χ0) is 12.4. The molecule has 90 valence electrons. The molecule has 1 aliphatic heterocycles. The highest BCUT2D eigenvalue weighted by molar-refractivity contribution is 8.02. The minimum absolute atomic E-state index is 0.230. The number of pyridine rings is 2. The van der Waals surface area contributed by atoms with E-state index in [1.807, 2.05) is 36.7 Å². The molecule has 18 heavy (non-hydrogen) atoms. The van der Waals surface area contributed by atoms with Gasteiger partial charge in [0.05, 0.1) is 0 Å². The van der Waals surface area contributed by atoms with E-state index in [9.17, 15) is 0 Å². The SMILES string of the molecule is CC1=CSC(c2cccnc2)N1c1ccccn1. The molecular formula is C14H13N3S. The second kappa shape index (κ2) is 4.82. The molecule has 3 rings (SSSR count). The van der Waals surface area contributed by atoms with Crippen molar-refractivity contribution in [3.63, 3.8) is 0 Å². The van der Waals surface area contributed by atoms with Gasteiger partial charge >= 0.3 is 0 Å². The first-order valence-electron chi connectivity index (χ1n) is 5.79. The van der Waals surface area contributed by atoms with Crippen molar-refractivity contribution >= 4 is 17.6 Å². The highest BCUT2D eigenvalue weighted by Gasteiger charge is 2.27. The third kappa shape index (κ3) is 1.99. The van der Waals surface area contributed by atoms with Gasteiger partial charge in [-0.15, -0.1) is 11.8 Å². The maximum absolute atomic E-state index is 4.44. The topological polar surface area (TPSA) is 29.0 Å². The van der Waals surface area contributed by atoms with Crippen LogP contribution in [0.3, 0.4) is 0 Å². The lowest BCUT2D eigenvalue weighted by atomic mass is 10.2. The Morgan fingerprint density at radius 2 is 2.11 bits per heavy atom. The average Bonchev–Trinajstić information content (AvgIpc) is 2.83. The summed E-state index contributed by atoms with van der Waals surface area (Å²) in [7, 11) is 0. The molecule has 0 N–H and O–H groups in total. The number of aromatic nitrogens is 2. The molecule has 0 bridgehead atoms. The van der Waals surface area contributed by atoms with E-state index in [0.29, 0.717) is 0 Å². The summed E-state index contributed by atoms with van der Waals surface area (Å²) in [6.07, 6.45) is 5.54. The molecule has 0 saturated heterocycles. The Morgan fingerprint density at radius 3 is 2.83 bits per heavy atom. The molecule has 0 amide bonds. The zero-order valence-electron chi connectivity index (χ0n) is 10.0. The minimum Gasteiger partial charge on any atom is -0.313 e. The fourth-order valence-corrected chi connectivity index (χ4v) is 3.14. The van der Waals surface area contributed by atoms with Gasteiger partial charge in [0, 0.05) is 29.9 Å². The maximum atomic E-state index is 4.44. The van der Waals surface area contributed by atoms with E-state index in [2.05, 4.69) is 33.3 Å². The van der Waals surface area contributed by atoms with Crippen LogP contribution in [0.25, 0.3) is 0 Å². The van der Waals surface area contributed by atoms with Crippen molar-refractivity contribution in [1.82, 2.24) is 9.97 Å². The van der Waals surface area contributed by atoms with Gasteiger partial charge in [-0.05, 0) is 30.5 Å². The minimum atomic E-state index is 0.230. The van der Waals surface area contributed by atoms with E-state index in [-0.39, 0.29) is 5.37 Å². The molecule has 0 fully saturated rings.